The number of nitrogens with one attached hydrogen (secondary N) is 2. The standard InChI is InChI=1S/C14H16FN3O3/c1-14(20,10-2-4-11(15)5-3-10)9-17-13(19)16-8-12-6-7-21-18-12/h2-7,20H,8-9H2,1H3,(H2,16,17,19)/t14-/m0/s1. The monoisotopic (exact) mass is 293 g/mol. The zero-order valence-electron chi connectivity index (χ0n) is 11.5. The van der Waals surface area contributed by atoms with Crippen molar-refractivity contribution >= 4 is 6.03 Å². The van der Waals surface area contributed by atoms with Crippen LogP contribution in [0, 0.1) is 5.82 Å². The molecule has 7 heteroatoms. The molecule has 0 bridgehead atoms. The van der Waals surface area contributed by atoms with Crippen molar-refractivity contribution in [1.29, 1.82) is 0 Å². The summed E-state index contributed by atoms with van der Waals surface area (Å²) in [6, 6.07) is 6.66. The molecule has 0 aliphatic carbocycles. The number of aliphatic hydroxyl groups is 1. The minimum absolute atomic E-state index is 0.0106. The zero-order chi connectivity index (χ0) is 15.3. The van der Waals surface area contributed by atoms with Gasteiger partial charge in [-0.3, -0.25) is 0 Å². The Hall–Kier alpha value is -2.41. The van der Waals surface area contributed by atoms with Crippen LogP contribution < -0.4 is 10.6 Å². The van der Waals surface area contributed by atoms with Crippen LogP contribution in [0.1, 0.15) is 18.2 Å². The van der Waals surface area contributed by atoms with Gasteiger partial charge in [-0.15, -0.1) is 0 Å². The van der Waals surface area contributed by atoms with Gasteiger partial charge in [0.15, 0.2) is 0 Å². The van der Waals surface area contributed by atoms with Crippen molar-refractivity contribution in [3.8, 4) is 0 Å². The van der Waals surface area contributed by atoms with E-state index in [-0.39, 0.29) is 18.9 Å². The molecule has 0 aliphatic heterocycles. The van der Waals surface area contributed by atoms with E-state index in [1.54, 1.807) is 6.07 Å². The highest BCUT2D eigenvalue weighted by Crippen LogP contribution is 2.19. The van der Waals surface area contributed by atoms with Gasteiger partial charge in [0.2, 0.25) is 0 Å². The molecule has 0 aliphatic rings. The molecule has 0 unspecified atom stereocenters. The van der Waals surface area contributed by atoms with Crippen molar-refractivity contribution in [3.63, 3.8) is 0 Å². The molecule has 0 radical (unpaired) electrons. The SMILES string of the molecule is C[C@](O)(CNC(=O)NCc1ccon1)c1ccc(F)cc1. The number of nitrogens with zero attached hydrogens (tertiary/aromatic N) is 1. The smallest absolute Gasteiger partial charge is 0.315 e. The van der Waals surface area contributed by atoms with E-state index in [4.69, 9.17) is 0 Å². The maximum Gasteiger partial charge on any atom is 0.315 e. The number of rotatable bonds is 5. The first-order valence-corrected chi connectivity index (χ1v) is 6.37. The van der Waals surface area contributed by atoms with Gasteiger partial charge < -0.3 is 20.3 Å². The number of urea groups is 1. The lowest BCUT2D eigenvalue weighted by atomic mass is 9.96. The molecular formula is C14H16FN3O3. The molecule has 21 heavy (non-hydrogen) atoms. The Morgan fingerprint density at radius 3 is 2.67 bits per heavy atom. The van der Waals surface area contributed by atoms with Crippen molar-refractivity contribution in [2.45, 2.75) is 19.1 Å². The number of carbonyl (C=O) groups excluding carboxylic acids is 1. The van der Waals surface area contributed by atoms with Gasteiger partial charge in [-0.1, -0.05) is 17.3 Å². The number of hydrogen-bond acceptors (Lipinski definition) is 4. The summed E-state index contributed by atoms with van der Waals surface area (Å²) in [6.07, 6.45) is 1.41. The number of carbonyl (C=O) groups is 1. The van der Waals surface area contributed by atoms with Crippen LogP contribution in [0.4, 0.5) is 9.18 Å². The van der Waals surface area contributed by atoms with Crippen LogP contribution in [0.2, 0.25) is 0 Å². The molecule has 3 N–H and O–H groups in total. The lowest BCUT2D eigenvalue weighted by Gasteiger charge is -2.24. The van der Waals surface area contributed by atoms with Gasteiger partial charge >= 0.3 is 6.03 Å². The van der Waals surface area contributed by atoms with E-state index in [0.29, 0.717) is 11.3 Å². The molecule has 0 spiro atoms. The third-order valence-electron chi connectivity index (χ3n) is 2.98. The Balaban J connectivity index is 1.83. The predicted molar refractivity (Wildman–Crippen MR) is 72.7 cm³/mol. The number of benzene rings is 1. The van der Waals surface area contributed by atoms with Crippen LogP contribution in [0.3, 0.4) is 0 Å². The summed E-state index contributed by atoms with van der Waals surface area (Å²) < 4.78 is 17.5. The topological polar surface area (TPSA) is 87.4 Å². The van der Waals surface area contributed by atoms with E-state index >= 15 is 0 Å². The van der Waals surface area contributed by atoms with Crippen LogP contribution >= 0.6 is 0 Å². The number of amides is 2. The molecular weight excluding hydrogens is 277 g/mol. The Labute approximate surface area is 120 Å². The van der Waals surface area contributed by atoms with Crippen molar-refractivity contribution < 1.29 is 18.8 Å². The molecule has 0 saturated heterocycles. The molecule has 112 valence electrons. The maximum atomic E-state index is 12.8. The van der Waals surface area contributed by atoms with Gasteiger partial charge in [0, 0.05) is 6.07 Å². The van der Waals surface area contributed by atoms with Gasteiger partial charge in [0.05, 0.1) is 13.1 Å². The van der Waals surface area contributed by atoms with E-state index < -0.39 is 11.6 Å². The predicted octanol–water partition coefficient (Wildman–Crippen LogP) is 1.52. The van der Waals surface area contributed by atoms with Gasteiger partial charge in [-0.05, 0) is 24.6 Å². The molecule has 0 fully saturated rings. The highest BCUT2D eigenvalue weighted by molar-refractivity contribution is 5.73. The minimum atomic E-state index is -1.29. The summed E-state index contributed by atoms with van der Waals surface area (Å²) >= 11 is 0. The van der Waals surface area contributed by atoms with Gasteiger partial charge in [-0.2, -0.15) is 0 Å². The first-order valence-electron chi connectivity index (χ1n) is 6.37. The molecule has 1 aromatic heterocycles. The van der Waals surface area contributed by atoms with Crippen molar-refractivity contribution in [2.24, 2.45) is 0 Å². The van der Waals surface area contributed by atoms with Crippen molar-refractivity contribution in [1.82, 2.24) is 15.8 Å². The zero-order valence-corrected chi connectivity index (χ0v) is 11.5. The highest BCUT2D eigenvalue weighted by Gasteiger charge is 2.23. The largest absolute Gasteiger partial charge is 0.384 e. The fourth-order valence-corrected chi connectivity index (χ4v) is 1.73. The lowest BCUT2D eigenvalue weighted by molar-refractivity contribution is 0.0593. The Morgan fingerprint density at radius 1 is 1.33 bits per heavy atom. The number of aromatic nitrogens is 1. The Kier molecular flexibility index (Phi) is 4.54. The summed E-state index contributed by atoms with van der Waals surface area (Å²) in [5, 5.41) is 19.1. The molecule has 1 aromatic carbocycles. The Morgan fingerprint density at radius 2 is 2.05 bits per heavy atom. The summed E-state index contributed by atoms with van der Waals surface area (Å²) in [6.45, 7) is 1.75. The second kappa shape index (κ2) is 6.36. The highest BCUT2D eigenvalue weighted by atomic mass is 19.1. The van der Waals surface area contributed by atoms with E-state index in [2.05, 4.69) is 20.3 Å². The van der Waals surface area contributed by atoms with E-state index in [1.807, 2.05) is 0 Å². The van der Waals surface area contributed by atoms with Gasteiger partial charge in [0.25, 0.3) is 0 Å². The normalized spacial score (nSPS) is 13.5. The van der Waals surface area contributed by atoms with Crippen LogP contribution in [0.25, 0.3) is 0 Å². The summed E-state index contributed by atoms with van der Waals surface area (Å²) in [5.74, 6) is -0.382. The van der Waals surface area contributed by atoms with Gasteiger partial charge in [0.1, 0.15) is 23.4 Å². The van der Waals surface area contributed by atoms with Crippen molar-refractivity contribution in [2.75, 3.05) is 6.54 Å². The number of halogens is 1. The average molecular weight is 293 g/mol. The molecule has 2 amide bonds. The van der Waals surface area contributed by atoms with Crippen LogP contribution in [0.15, 0.2) is 41.1 Å². The van der Waals surface area contributed by atoms with Crippen molar-refractivity contribution in [3.05, 3.63) is 53.7 Å². The molecule has 2 aromatic rings. The summed E-state index contributed by atoms with van der Waals surface area (Å²) in [5.41, 5.74) is -0.185. The molecule has 0 saturated carbocycles. The average Bonchev–Trinajstić information content (AvgIpc) is 2.97. The van der Waals surface area contributed by atoms with Crippen LogP contribution in [0.5, 0.6) is 0 Å². The van der Waals surface area contributed by atoms with Gasteiger partial charge in [-0.25, -0.2) is 9.18 Å². The van der Waals surface area contributed by atoms with Crippen LogP contribution in [-0.2, 0) is 12.1 Å². The second-order valence-corrected chi connectivity index (χ2v) is 4.81. The fraction of sp³-hybridized carbons (Fsp3) is 0.286. The van der Waals surface area contributed by atoms with E-state index in [9.17, 15) is 14.3 Å². The lowest BCUT2D eigenvalue weighted by Crippen LogP contribution is -2.43. The first-order chi connectivity index (χ1) is 9.97. The summed E-state index contributed by atoms with van der Waals surface area (Å²) in [4.78, 5) is 11.6. The molecule has 2 rings (SSSR count). The maximum absolute atomic E-state index is 12.8. The summed E-state index contributed by atoms with van der Waals surface area (Å²) in [7, 11) is 0. The first kappa shape index (κ1) is 15.0. The number of hydrogen-bond donors (Lipinski definition) is 3. The fourth-order valence-electron chi connectivity index (χ4n) is 1.73. The van der Waals surface area contributed by atoms with E-state index in [0.717, 1.165) is 0 Å². The quantitative estimate of drug-likeness (QED) is 0.780. The molecule has 1 atom stereocenters. The Bertz CT molecular complexity index is 582. The second-order valence-electron chi connectivity index (χ2n) is 4.81. The molecule has 1 heterocycles. The minimum Gasteiger partial charge on any atom is -0.384 e. The molecule has 6 nitrogen and oxygen atoms in total. The van der Waals surface area contributed by atoms with Crippen LogP contribution in [-0.4, -0.2) is 22.8 Å². The third-order valence-corrected chi connectivity index (χ3v) is 2.98. The third kappa shape index (κ3) is 4.28. The van der Waals surface area contributed by atoms with E-state index in [1.165, 1.54) is 37.5 Å².